The molecule has 0 aliphatic rings. The Morgan fingerprint density at radius 1 is 1.41 bits per heavy atom. The van der Waals surface area contributed by atoms with E-state index < -0.39 is 0 Å². The molecule has 0 bridgehead atoms. The summed E-state index contributed by atoms with van der Waals surface area (Å²) in [5.74, 6) is 0.867. The number of nitrogens with zero attached hydrogens (tertiary/aromatic N) is 2. The fourth-order valence-corrected chi connectivity index (χ4v) is 1.70. The number of para-hydroxylation sites is 1. The van der Waals surface area contributed by atoms with E-state index >= 15 is 0 Å². The van der Waals surface area contributed by atoms with Crippen LogP contribution in [0.1, 0.15) is 17.2 Å². The summed E-state index contributed by atoms with van der Waals surface area (Å²) in [6.07, 6.45) is 3.57. The Kier molecular flexibility index (Phi) is 3.44. The van der Waals surface area contributed by atoms with E-state index in [9.17, 15) is 0 Å². The molecule has 0 aliphatic heterocycles. The molecule has 4 heteroatoms. The van der Waals surface area contributed by atoms with Crippen LogP contribution in [0.15, 0.2) is 36.7 Å². The maximum Gasteiger partial charge on any atom is 0.139 e. The lowest BCUT2D eigenvalue weighted by Crippen LogP contribution is -2.18. The quantitative estimate of drug-likeness (QED) is 0.873. The van der Waals surface area contributed by atoms with E-state index in [0.717, 1.165) is 16.9 Å². The van der Waals surface area contributed by atoms with E-state index in [1.165, 1.54) is 0 Å². The van der Waals surface area contributed by atoms with E-state index in [0.29, 0.717) is 6.54 Å². The number of benzene rings is 1. The smallest absolute Gasteiger partial charge is 0.139 e. The highest BCUT2D eigenvalue weighted by Crippen LogP contribution is 2.23. The Hall–Kier alpha value is -1.81. The molecule has 1 heterocycles. The molecule has 2 rings (SSSR count). The second kappa shape index (κ2) is 5.01. The molecule has 1 unspecified atom stereocenters. The number of hydrogen-bond acceptors (Lipinski definition) is 3. The summed E-state index contributed by atoms with van der Waals surface area (Å²) in [7, 11) is 1.88. The van der Waals surface area contributed by atoms with Crippen LogP contribution in [0, 0.1) is 6.92 Å². The van der Waals surface area contributed by atoms with Gasteiger partial charge in [-0.1, -0.05) is 18.2 Å². The van der Waals surface area contributed by atoms with E-state index in [4.69, 9.17) is 10.5 Å². The maximum atomic E-state index is 5.92. The van der Waals surface area contributed by atoms with Crippen molar-refractivity contribution in [3.63, 3.8) is 0 Å². The van der Waals surface area contributed by atoms with E-state index in [-0.39, 0.29) is 6.10 Å². The summed E-state index contributed by atoms with van der Waals surface area (Å²) < 4.78 is 7.66. The first kappa shape index (κ1) is 11.7. The highest BCUT2D eigenvalue weighted by Gasteiger charge is 2.14. The molecule has 4 nitrogen and oxygen atoms in total. The van der Waals surface area contributed by atoms with Crippen molar-refractivity contribution in [2.75, 3.05) is 6.54 Å². The second-order valence-corrected chi connectivity index (χ2v) is 4.06. The summed E-state index contributed by atoms with van der Waals surface area (Å²) >= 11 is 0. The van der Waals surface area contributed by atoms with Gasteiger partial charge >= 0.3 is 0 Å². The van der Waals surface area contributed by atoms with Crippen LogP contribution < -0.4 is 10.5 Å². The molecule has 2 aromatic rings. The highest BCUT2D eigenvalue weighted by atomic mass is 16.5. The topological polar surface area (TPSA) is 53.1 Å². The molecule has 0 spiro atoms. The van der Waals surface area contributed by atoms with Gasteiger partial charge in [0.15, 0.2) is 0 Å². The van der Waals surface area contributed by atoms with Gasteiger partial charge in [0.05, 0.1) is 6.20 Å². The predicted octanol–water partition coefficient (Wildman–Crippen LogP) is 1.81. The van der Waals surface area contributed by atoms with Crippen LogP contribution in [0.5, 0.6) is 5.75 Å². The first-order chi connectivity index (χ1) is 8.20. The summed E-state index contributed by atoms with van der Waals surface area (Å²) in [4.78, 5) is 0. The summed E-state index contributed by atoms with van der Waals surface area (Å²) in [5.41, 5.74) is 7.85. The average Bonchev–Trinajstić information content (AvgIpc) is 2.75. The summed E-state index contributed by atoms with van der Waals surface area (Å²) in [6.45, 7) is 2.45. The van der Waals surface area contributed by atoms with Crippen LogP contribution in [-0.2, 0) is 7.05 Å². The van der Waals surface area contributed by atoms with Gasteiger partial charge in [0.25, 0.3) is 0 Å². The second-order valence-electron chi connectivity index (χ2n) is 4.06. The average molecular weight is 231 g/mol. The van der Waals surface area contributed by atoms with Crippen molar-refractivity contribution >= 4 is 0 Å². The van der Waals surface area contributed by atoms with Gasteiger partial charge in [0, 0.05) is 25.4 Å². The van der Waals surface area contributed by atoms with Gasteiger partial charge in [-0.3, -0.25) is 4.68 Å². The Morgan fingerprint density at radius 3 is 2.76 bits per heavy atom. The molecule has 17 heavy (non-hydrogen) atoms. The first-order valence-electron chi connectivity index (χ1n) is 5.61. The number of hydrogen-bond donors (Lipinski definition) is 1. The molecule has 2 N–H and O–H groups in total. The molecule has 0 saturated carbocycles. The Bertz CT molecular complexity index is 493. The van der Waals surface area contributed by atoms with Crippen molar-refractivity contribution in [1.29, 1.82) is 0 Å². The molecule has 0 fully saturated rings. The molecule has 0 saturated heterocycles. The maximum absolute atomic E-state index is 5.92. The molecule has 0 radical (unpaired) electrons. The van der Waals surface area contributed by atoms with Crippen LogP contribution in [0.3, 0.4) is 0 Å². The van der Waals surface area contributed by atoms with E-state index in [1.807, 2.05) is 44.4 Å². The third-order valence-electron chi connectivity index (χ3n) is 2.67. The zero-order chi connectivity index (χ0) is 12.3. The lowest BCUT2D eigenvalue weighted by Gasteiger charge is -2.17. The van der Waals surface area contributed by atoms with E-state index in [1.54, 1.807) is 10.9 Å². The monoisotopic (exact) mass is 231 g/mol. The number of aryl methyl sites for hydroxylation is 2. The standard InChI is InChI=1S/C13H17N3O/c1-10-5-3-4-6-12(10)17-13(7-14)11-8-15-16(2)9-11/h3-6,8-9,13H,7,14H2,1-2H3. The van der Waals surface area contributed by atoms with Crippen molar-refractivity contribution in [3.8, 4) is 5.75 Å². The largest absolute Gasteiger partial charge is 0.484 e. The molecule has 90 valence electrons. The van der Waals surface area contributed by atoms with Gasteiger partial charge in [0.2, 0.25) is 0 Å². The molecule has 1 atom stereocenters. The van der Waals surface area contributed by atoms with Crippen molar-refractivity contribution < 1.29 is 4.74 Å². The number of aromatic nitrogens is 2. The number of rotatable bonds is 4. The molecular formula is C13H17N3O. The Morgan fingerprint density at radius 2 is 2.18 bits per heavy atom. The third-order valence-corrected chi connectivity index (χ3v) is 2.67. The number of nitrogens with two attached hydrogens (primary N) is 1. The van der Waals surface area contributed by atoms with Gasteiger partial charge in [0.1, 0.15) is 11.9 Å². The van der Waals surface area contributed by atoms with Crippen LogP contribution in [0.4, 0.5) is 0 Å². The molecular weight excluding hydrogens is 214 g/mol. The normalized spacial score (nSPS) is 12.4. The van der Waals surface area contributed by atoms with Crippen LogP contribution in [0.25, 0.3) is 0 Å². The van der Waals surface area contributed by atoms with Gasteiger partial charge in [-0.2, -0.15) is 5.10 Å². The minimum atomic E-state index is -0.148. The van der Waals surface area contributed by atoms with Crippen molar-refractivity contribution in [2.45, 2.75) is 13.0 Å². The lowest BCUT2D eigenvalue weighted by atomic mass is 10.2. The zero-order valence-corrected chi connectivity index (χ0v) is 10.1. The first-order valence-corrected chi connectivity index (χ1v) is 5.61. The Balaban J connectivity index is 2.18. The van der Waals surface area contributed by atoms with Gasteiger partial charge in [-0.15, -0.1) is 0 Å². The van der Waals surface area contributed by atoms with Crippen molar-refractivity contribution in [3.05, 3.63) is 47.8 Å². The summed E-state index contributed by atoms with van der Waals surface area (Å²) in [5, 5.41) is 4.13. The van der Waals surface area contributed by atoms with Crippen molar-refractivity contribution in [1.82, 2.24) is 9.78 Å². The predicted molar refractivity (Wildman–Crippen MR) is 66.8 cm³/mol. The summed E-state index contributed by atoms with van der Waals surface area (Å²) in [6, 6.07) is 7.92. The fraction of sp³-hybridized carbons (Fsp3) is 0.308. The van der Waals surface area contributed by atoms with Gasteiger partial charge in [-0.25, -0.2) is 0 Å². The highest BCUT2D eigenvalue weighted by molar-refractivity contribution is 5.32. The Labute approximate surface area is 101 Å². The van der Waals surface area contributed by atoms with Crippen LogP contribution in [-0.4, -0.2) is 16.3 Å². The SMILES string of the molecule is Cc1ccccc1OC(CN)c1cnn(C)c1. The zero-order valence-electron chi connectivity index (χ0n) is 10.1. The molecule has 0 aliphatic carbocycles. The van der Waals surface area contributed by atoms with Crippen LogP contribution in [0.2, 0.25) is 0 Å². The minimum Gasteiger partial charge on any atom is -0.484 e. The fourth-order valence-electron chi connectivity index (χ4n) is 1.70. The molecule has 1 aromatic carbocycles. The van der Waals surface area contributed by atoms with Gasteiger partial charge < -0.3 is 10.5 Å². The molecule has 0 amide bonds. The van der Waals surface area contributed by atoms with Gasteiger partial charge in [-0.05, 0) is 18.6 Å². The van der Waals surface area contributed by atoms with Crippen LogP contribution >= 0.6 is 0 Å². The van der Waals surface area contributed by atoms with Crippen molar-refractivity contribution in [2.24, 2.45) is 12.8 Å². The lowest BCUT2D eigenvalue weighted by molar-refractivity contribution is 0.212. The number of ether oxygens (including phenoxy) is 1. The third kappa shape index (κ3) is 2.65. The molecule has 1 aromatic heterocycles. The van der Waals surface area contributed by atoms with E-state index in [2.05, 4.69) is 5.10 Å². The minimum absolute atomic E-state index is 0.148.